The van der Waals surface area contributed by atoms with Crippen molar-refractivity contribution in [3.8, 4) is 0 Å². The zero-order valence-corrected chi connectivity index (χ0v) is 8.92. The fourth-order valence-corrected chi connectivity index (χ4v) is 0.777. The van der Waals surface area contributed by atoms with Gasteiger partial charge in [0.1, 0.15) is 4.84 Å². The molecule has 0 heterocycles. The summed E-state index contributed by atoms with van der Waals surface area (Å²) in [6.45, 7) is 3.18. The Kier molecular flexibility index (Phi) is 5.34. The molecule has 0 saturated carbocycles. The van der Waals surface area contributed by atoms with Crippen molar-refractivity contribution in [3.63, 3.8) is 0 Å². The Morgan fingerprint density at radius 3 is 2.42 bits per heavy atom. The Hall–Kier alpha value is 0.370. The monoisotopic (exact) mass is 250 g/mol. The Balaban J connectivity index is 4.05. The second-order valence-corrected chi connectivity index (χ2v) is 4.53. The van der Waals surface area contributed by atoms with Crippen LogP contribution in [0.25, 0.3) is 0 Å². The molecular formula is C6H6Cl4O2. The number of carbonyl (C=O) groups is 1. The summed E-state index contributed by atoms with van der Waals surface area (Å²) in [5.41, 5.74) is 0. The molecule has 0 spiro atoms. The summed E-state index contributed by atoms with van der Waals surface area (Å²) in [6.07, 6.45) is 0.684. The molecule has 0 amide bonds. The zero-order chi connectivity index (χ0) is 9.78. The quantitative estimate of drug-likeness (QED) is 0.436. The lowest BCUT2D eigenvalue weighted by molar-refractivity contribution is -0.138. The number of esters is 1. The molecule has 6 heteroatoms. The molecule has 0 aliphatic heterocycles. The van der Waals surface area contributed by atoms with Crippen molar-refractivity contribution >= 4 is 52.4 Å². The molecule has 0 aromatic rings. The normalized spacial score (nSPS) is 11.4. The summed E-state index contributed by atoms with van der Waals surface area (Å²) in [5, 5.41) is 0. The number of hydrogen-bond donors (Lipinski definition) is 0. The van der Waals surface area contributed by atoms with Crippen LogP contribution in [0, 0.1) is 0 Å². The molecular weight excluding hydrogens is 246 g/mol. The molecule has 0 aromatic carbocycles. The lowest BCUT2D eigenvalue weighted by Crippen LogP contribution is -2.26. The zero-order valence-electron chi connectivity index (χ0n) is 5.90. The highest BCUT2D eigenvalue weighted by molar-refractivity contribution is 6.60. The van der Waals surface area contributed by atoms with Crippen LogP contribution in [0.1, 0.15) is 6.42 Å². The fourth-order valence-electron chi connectivity index (χ4n) is 0.404. The van der Waals surface area contributed by atoms with Crippen molar-refractivity contribution in [2.45, 2.75) is 15.6 Å². The molecule has 0 radical (unpaired) electrons. The molecule has 0 aromatic heterocycles. The minimum absolute atomic E-state index is 0.292. The van der Waals surface area contributed by atoms with E-state index in [2.05, 4.69) is 11.3 Å². The number of hydrogen-bond acceptors (Lipinski definition) is 2. The van der Waals surface area contributed by atoms with Gasteiger partial charge in [0.15, 0.2) is 4.33 Å². The second kappa shape index (κ2) is 5.18. The van der Waals surface area contributed by atoms with E-state index in [4.69, 9.17) is 46.4 Å². The van der Waals surface area contributed by atoms with Gasteiger partial charge in [0.2, 0.25) is 0 Å². The Morgan fingerprint density at radius 2 is 2.08 bits per heavy atom. The number of alkyl halides is 4. The van der Waals surface area contributed by atoms with E-state index in [9.17, 15) is 4.79 Å². The van der Waals surface area contributed by atoms with E-state index < -0.39 is 15.1 Å². The van der Waals surface area contributed by atoms with Gasteiger partial charge in [-0.25, -0.2) is 0 Å². The van der Waals surface area contributed by atoms with Crippen molar-refractivity contribution < 1.29 is 9.53 Å². The van der Waals surface area contributed by atoms with Gasteiger partial charge >= 0.3 is 5.97 Å². The minimum atomic E-state index is -1.52. The van der Waals surface area contributed by atoms with E-state index in [1.807, 2.05) is 0 Å². The van der Waals surface area contributed by atoms with Crippen LogP contribution < -0.4 is 0 Å². The third kappa shape index (κ3) is 4.41. The highest BCUT2D eigenvalue weighted by Crippen LogP contribution is 2.35. The summed E-state index contributed by atoms with van der Waals surface area (Å²) < 4.78 is 2.84. The van der Waals surface area contributed by atoms with Crippen LogP contribution in [0.5, 0.6) is 0 Å². The number of carbonyl (C=O) groups excluding carboxylic acids is 1. The van der Waals surface area contributed by atoms with Crippen LogP contribution in [0.2, 0.25) is 0 Å². The van der Waals surface area contributed by atoms with E-state index in [0.29, 0.717) is 0 Å². The van der Waals surface area contributed by atoms with Crippen molar-refractivity contribution in [2.75, 3.05) is 0 Å². The number of rotatable bonds is 4. The lowest BCUT2D eigenvalue weighted by Gasteiger charge is -2.18. The van der Waals surface area contributed by atoms with Gasteiger partial charge in [-0.2, -0.15) is 0 Å². The molecule has 2 nitrogen and oxygen atoms in total. The number of halogens is 4. The molecule has 0 atom stereocenters. The van der Waals surface area contributed by atoms with Gasteiger partial charge in [0.05, 0.1) is 12.7 Å². The fraction of sp³-hybridized carbons (Fsp3) is 0.500. The third-order valence-electron chi connectivity index (χ3n) is 0.914. The van der Waals surface area contributed by atoms with Crippen LogP contribution >= 0.6 is 46.4 Å². The first kappa shape index (κ1) is 12.4. The Bertz CT molecular complexity index is 178. The second-order valence-electron chi connectivity index (χ2n) is 1.90. The van der Waals surface area contributed by atoms with Crippen molar-refractivity contribution in [1.82, 2.24) is 0 Å². The SMILES string of the molecule is C=COC(=O)CC(Cl)(Cl)C(Cl)Cl. The largest absolute Gasteiger partial charge is 0.435 e. The van der Waals surface area contributed by atoms with Gasteiger partial charge in [0.25, 0.3) is 0 Å². The highest BCUT2D eigenvalue weighted by Gasteiger charge is 2.35. The summed E-state index contributed by atoms with van der Waals surface area (Å²) in [4.78, 5) is 9.73. The van der Waals surface area contributed by atoms with Crippen molar-refractivity contribution in [1.29, 1.82) is 0 Å². The molecule has 0 aliphatic rings. The van der Waals surface area contributed by atoms with Crippen LogP contribution in [0.3, 0.4) is 0 Å². The topological polar surface area (TPSA) is 26.3 Å². The smallest absolute Gasteiger partial charge is 0.313 e. The minimum Gasteiger partial charge on any atom is -0.435 e. The number of ether oxygens (including phenoxy) is 1. The van der Waals surface area contributed by atoms with Gasteiger partial charge in [-0.3, -0.25) is 4.79 Å². The van der Waals surface area contributed by atoms with E-state index in [0.717, 1.165) is 6.26 Å². The van der Waals surface area contributed by atoms with Crippen LogP contribution in [0.15, 0.2) is 12.8 Å². The average Bonchev–Trinajstić information content (AvgIpc) is 1.85. The summed E-state index contributed by atoms with van der Waals surface area (Å²) in [5.74, 6) is -0.638. The molecule has 0 fully saturated rings. The van der Waals surface area contributed by atoms with E-state index in [1.54, 1.807) is 0 Å². The lowest BCUT2D eigenvalue weighted by atomic mass is 10.3. The predicted molar refractivity (Wildman–Crippen MR) is 50.8 cm³/mol. The van der Waals surface area contributed by atoms with E-state index in [-0.39, 0.29) is 6.42 Å². The van der Waals surface area contributed by atoms with Gasteiger partial charge in [0, 0.05) is 0 Å². The maximum absolute atomic E-state index is 10.8. The third-order valence-corrected chi connectivity index (χ3v) is 2.81. The van der Waals surface area contributed by atoms with Gasteiger partial charge in [-0.05, 0) is 0 Å². The summed E-state index contributed by atoms with van der Waals surface area (Å²) >= 11 is 21.9. The first-order valence-corrected chi connectivity index (χ1v) is 4.49. The van der Waals surface area contributed by atoms with Crippen LogP contribution in [0.4, 0.5) is 0 Å². The molecule has 0 N–H and O–H groups in total. The van der Waals surface area contributed by atoms with E-state index in [1.165, 1.54) is 0 Å². The molecule has 0 saturated heterocycles. The average molecular weight is 252 g/mol. The van der Waals surface area contributed by atoms with Crippen molar-refractivity contribution in [2.24, 2.45) is 0 Å². The first-order chi connectivity index (χ1) is 5.40. The van der Waals surface area contributed by atoms with Crippen LogP contribution in [-0.4, -0.2) is 15.1 Å². The Morgan fingerprint density at radius 1 is 1.58 bits per heavy atom. The van der Waals surface area contributed by atoms with Crippen LogP contribution in [-0.2, 0) is 9.53 Å². The maximum atomic E-state index is 10.8. The molecule has 0 unspecified atom stereocenters. The van der Waals surface area contributed by atoms with E-state index >= 15 is 0 Å². The van der Waals surface area contributed by atoms with Gasteiger partial charge < -0.3 is 4.74 Å². The molecule has 70 valence electrons. The molecule has 0 aliphatic carbocycles. The van der Waals surface area contributed by atoms with Gasteiger partial charge in [-0.1, -0.05) is 29.8 Å². The van der Waals surface area contributed by atoms with Gasteiger partial charge in [-0.15, -0.1) is 23.2 Å². The highest BCUT2D eigenvalue weighted by atomic mass is 35.5. The Labute approximate surface area is 90.4 Å². The standard InChI is InChI=1S/C6H6Cl4O2/c1-2-12-4(11)3-6(9,10)5(7)8/h2,5H,1,3H2. The molecule has 0 bridgehead atoms. The maximum Gasteiger partial charge on any atom is 0.313 e. The summed E-state index contributed by atoms with van der Waals surface area (Å²) in [6, 6.07) is 0. The molecule has 12 heavy (non-hydrogen) atoms. The first-order valence-electron chi connectivity index (χ1n) is 2.86. The van der Waals surface area contributed by atoms with Crippen molar-refractivity contribution in [3.05, 3.63) is 12.8 Å². The predicted octanol–water partition coefficient (Wildman–Crippen LogP) is 3.04. The molecule has 0 rings (SSSR count). The summed E-state index contributed by atoms with van der Waals surface area (Å²) in [7, 11) is 0.